The number of alkyl carbamates (subject to hydrolysis) is 1. The summed E-state index contributed by atoms with van der Waals surface area (Å²) >= 11 is 0. The zero-order chi connectivity index (χ0) is 19.2. The maximum absolute atomic E-state index is 11.7. The summed E-state index contributed by atoms with van der Waals surface area (Å²) in [6, 6.07) is 0.688. The molecule has 0 saturated carbocycles. The number of carbonyl (C=O) groups is 1. The number of amides is 1. The van der Waals surface area contributed by atoms with Gasteiger partial charge in [-0.2, -0.15) is 0 Å². The SMILES string of the molecule is CCO[Si](CCCNC(=O)OCCCC(C)(C)CC)(OCC)OCC. The van der Waals surface area contributed by atoms with Crippen LogP contribution in [-0.4, -0.2) is 47.9 Å². The van der Waals surface area contributed by atoms with E-state index >= 15 is 0 Å². The third-order valence-corrected chi connectivity index (χ3v) is 7.36. The zero-order valence-electron chi connectivity index (χ0n) is 17.1. The smallest absolute Gasteiger partial charge is 0.450 e. The van der Waals surface area contributed by atoms with Crippen molar-refractivity contribution in [3.8, 4) is 0 Å². The molecule has 150 valence electrons. The van der Waals surface area contributed by atoms with E-state index in [0.717, 1.165) is 25.7 Å². The number of hydrogen-bond donors (Lipinski definition) is 1. The Balaban J connectivity index is 4.01. The highest BCUT2D eigenvalue weighted by Crippen LogP contribution is 2.25. The quantitative estimate of drug-likeness (QED) is 0.339. The highest BCUT2D eigenvalue weighted by Gasteiger charge is 2.39. The molecule has 0 unspecified atom stereocenters. The molecule has 1 amide bonds. The standard InChI is InChI=1S/C18H39NO5Si/c1-7-18(5,6)13-11-15-21-17(20)19-14-12-16-25(22-8-2,23-9-3)24-10-4/h7-16H2,1-6H3,(H,19,20). The van der Waals surface area contributed by atoms with E-state index in [-0.39, 0.29) is 6.09 Å². The zero-order valence-corrected chi connectivity index (χ0v) is 18.1. The van der Waals surface area contributed by atoms with Gasteiger partial charge in [-0.3, -0.25) is 0 Å². The number of rotatable bonds is 15. The average molecular weight is 378 g/mol. The van der Waals surface area contributed by atoms with Gasteiger partial charge in [-0.1, -0.05) is 27.2 Å². The summed E-state index contributed by atoms with van der Waals surface area (Å²) in [6.45, 7) is 15.2. The molecule has 1 N–H and O–H groups in total. The Morgan fingerprint density at radius 1 is 0.960 bits per heavy atom. The molecular weight excluding hydrogens is 338 g/mol. The van der Waals surface area contributed by atoms with Crippen molar-refractivity contribution < 1.29 is 22.8 Å². The van der Waals surface area contributed by atoms with Gasteiger partial charge in [-0.25, -0.2) is 4.79 Å². The lowest BCUT2D eigenvalue weighted by atomic mass is 9.85. The van der Waals surface area contributed by atoms with E-state index in [1.807, 2.05) is 20.8 Å². The van der Waals surface area contributed by atoms with Crippen LogP contribution in [0.5, 0.6) is 0 Å². The van der Waals surface area contributed by atoms with E-state index < -0.39 is 8.80 Å². The van der Waals surface area contributed by atoms with Gasteiger partial charge in [-0.05, 0) is 45.4 Å². The van der Waals surface area contributed by atoms with Crippen LogP contribution >= 0.6 is 0 Å². The van der Waals surface area contributed by atoms with Crippen LogP contribution in [0, 0.1) is 5.41 Å². The van der Waals surface area contributed by atoms with Crippen molar-refractivity contribution in [2.45, 2.75) is 73.3 Å². The van der Waals surface area contributed by atoms with Crippen LogP contribution in [0.25, 0.3) is 0 Å². The highest BCUT2D eigenvalue weighted by molar-refractivity contribution is 6.60. The van der Waals surface area contributed by atoms with Crippen LogP contribution in [0.3, 0.4) is 0 Å². The minimum Gasteiger partial charge on any atom is -0.450 e. The monoisotopic (exact) mass is 377 g/mol. The highest BCUT2D eigenvalue weighted by atomic mass is 28.4. The van der Waals surface area contributed by atoms with Crippen LogP contribution in [0.2, 0.25) is 6.04 Å². The van der Waals surface area contributed by atoms with Crippen molar-refractivity contribution in [3.05, 3.63) is 0 Å². The van der Waals surface area contributed by atoms with E-state index in [9.17, 15) is 4.79 Å². The first-order valence-electron chi connectivity index (χ1n) is 9.67. The third kappa shape index (κ3) is 11.6. The number of nitrogens with one attached hydrogen (secondary N) is 1. The summed E-state index contributed by atoms with van der Waals surface area (Å²) in [5, 5.41) is 2.79. The normalized spacial score (nSPS) is 12.2. The summed E-state index contributed by atoms with van der Waals surface area (Å²) in [5.41, 5.74) is 0.311. The molecule has 0 aromatic carbocycles. The summed E-state index contributed by atoms with van der Waals surface area (Å²) in [5.74, 6) is 0. The Bertz CT molecular complexity index is 335. The first kappa shape index (κ1) is 24.4. The molecule has 0 spiro atoms. The molecule has 25 heavy (non-hydrogen) atoms. The molecule has 0 atom stereocenters. The minimum atomic E-state index is -2.62. The first-order valence-corrected chi connectivity index (χ1v) is 11.6. The molecule has 0 aliphatic heterocycles. The lowest BCUT2D eigenvalue weighted by molar-refractivity contribution is 0.0706. The van der Waals surface area contributed by atoms with Gasteiger partial charge < -0.3 is 23.3 Å². The van der Waals surface area contributed by atoms with Crippen LogP contribution in [0.4, 0.5) is 4.79 Å². The Hall–Kier alpha value is -0.633. The van der Waals surface area contributed by atoms with Crippen LogP contribution in [0.15, 0.2) is 0 Å². The minimum absolute atomic E-state index is 0.311. The second kappa shape index (κ2) is 13.6. The molecule has 0 aromatic rings. The number of ether oxygens (including phenoxy) is 1. The molecule has 0 rings (SSSR count). The molecule has 0 aliphatic carbocycles. The molecule has 0 heterocycles. The largest absolute Gasteiger partial charge is 0.500 e. The van der Waals surface area contributed by atoms with Gasteiger partial charge in [0.25, 0.3) is 0 Å². The number of carbonyl (C=O) groups excluding carboxylic acids is 1. The Kier molecular flexibility index (Phi) is 13.2. The fourth-order valence-corrected chi connectivity index (χ4v) is 5.05. The van der Waals surface area contributed by atoms with Gasteiger partial charge in [0.1, 0.15) is 0 Å². The summed E-state index contributed by atoms with van der Waals surface area (Å²) < 4.78 is 22.6. The van der Waals surface area contributed by atoms with E-state index in [1.54, 1.807) is 0 Å². The van der Waals surface area contributed by atoms with Crippen molar-refractivity contribution >= 4 is 14.9 Å². The van der Waals surface area contributed by atoms with E-state index in [1.165, 1.54) is 0 Å². The first-order chi connectivity index (χ1) is 11.8. The molecule has 0 saturated heterocycles. The van der Waals surface area contributed by atoms with E-state index in [0.29, 0.717) is 44.4 Å². The fraction of sp³-hybridized carbons (Fsp3) is 0.944. The van der Waals surface area contributed by atoms with Crippen LogP contribution in [-0.2, 0) is 18.0 Å². The van der Waals surface area contributed by atoms with Crippen molar-refractivity contribution in [1.29, 1.82) is 0 Å². The van der Waals surface area contributed by atoms with E-state index in [2.05, 4.69) is 26.1 Å². The Morgan fingerprint density at radius 2 is 1.52 bits per heavy atom. The van der Waals surface area contributed by atoms with Gasteiger partial charge >= 0.3 is 14.9 Å². The van der Waals surface area contributed by atoms with Crippen molar-refractivity contribution in [2.24, 2.45) is 5.41 Å². The Labute approximate surface area is 155 Å². The van der Waals surface area contributed by atoms with Crippen molar-refractivity contribution in [3.63, 3.8) is 0 Å². The second-order valence-electron chi connectivity index (χ2n) is 6.77. The summed E-state index contributed by atoms with van der Waals surface area (Å²) in [4.78, 5) is 11.7. The second-order valence-corrected chi connectivity index (χ2v) is 9.50. The van der Waals surface area contributed by atoms with Crippen LogP contribution < -0.4 is 5.32 Å². The Morgan fingerprint density at radius 3 is 2.00 bits per heavy atom. The van der Waals surface area contributed by atoms with Crippen molar-refractivity contribution in [2.75, 3.05) is 33.0 Å². The predicted molar refractivity (Wildman–Crippen MR) is 103 cm³/mol. The maximum Gasteiger partial charge on any atom is 0.500 e. The molecule has 0 fully saturated rings. The van der Waals surface area contributed by atoms with E-state index in [4.69, 9.17) is 18.0 Å². The molecule has 0 bridgehead atoms. The average Bonchev–Trinajstić information content (AvgIpc) is 2.56. The van der Waals surface area contributed by atoms with Gasteiger partial charge in [0.2, 0.25) is 0 Å². The molecule has 0 radical (unpaired) electrons. The topological polar surface area (TPSA) is 66.0 Å². The molecule has 0 aromatic heterocycles. The summed E-state index contributed by atoms with van der Waals surface area (Å²) in [6.07, 6.45) is 3.46. The lowest BCUT2D eigenvalue weighted by Gasteiger charge is -2.28. The molecular formula is C18H39NO5Si. The van der Waals surface area contributed by atoms with Gasteiger partial charge in [0.15, 0.2) is 0 Å². The van der Waals surface area contributed by atoms with Gasteiger partial charge in [-0.15, -0.1) is 0 Å². The summed E-state index contributed by atoms with van der Waals surface area (Å²) in [7, 11) is -2.62. The van der Waals surface area contributed by atoms with Crippen molar-refractivity contribution in [1.82, 2.24) is 5.32 Å². The fourth-order valence-electron chi connectivity index (χ4n) is 2.44. The lowest BCUT2D eigenvalue weighted by Crippen LogP contribution is -2.46. The predicted octanol–water partition coefficient (Wildman–Crippen LogP) is 4.37. The van der Waals surface area contributed by atoms with Gasteiger partial charge in [0.05, 0.1) is 6.61 Å². The molecule has 6 nitrogen and oxygen atoms in total. The number of hydrogen-bond acceptors (Lipinski definition) is 5. The molecule has 0 aliphatic rings. The maximum atomic E-state index is 11.7. The van der Waals surface area contributed by atoms with Gasteiger partial charge in [0, 0.05) is 32.4 Å². The third-order valence-electron chi connectivity index (χ3n) is 4.21. The molecule has 7 heteroatoms. The van der Waals surface area contributed by atoms with Crippen LogP contribution in [0.1, 0.15) is 67.2 Å².